The third kappa shape index (κ3) is 5.46. The van der Waals surface area contributed by atoms with Crippen LogP contribution in [-0.2, 0) is 0 Å². The number of anilines is 2. The van der Waals surface area contributed by atoms with Crippen molar-refractivity contribution >= 4 is 11.6 Å². The first kappa shape index (κ1) is 13.7. The highest BCUT2D eigenvalue weighted by Crippen LogP contribution is 2.09. The fourth-order valence-corrected chi connectivity index (χ4v) is 1.25. The van der Waals surface area contributed by atoms with Crippen LogP contribution in [0.3, 0.4) is 0 Å². The van der Waals surface area contributed by atoms with Gasteiger partial charge in [-0.3, -0.25) is 0 Å². The molecule has 1 heterocycles. The molecule has 0 aliphatic rings. The van der Waals surface area contributed by atoms with Gasteiger partial charge in [-0.15, -0.1) is 0 Å². The highest BCUT2D eigenvalue weighted by atomic mass is 15.1. The Balaban J connectivity index is 2.48. The van der Waals surface area contributed by atoms with E-state index in [1.165, 1.54) is 0 Å². The smallest absolute Gasteiger partial charge is 0.131 e. The maximum atomic E-state index is 5.54. The van der Waals surface area contributed by atoms with Gasteiger partial charge in [0, 0.05) is 31.7 Å². The first-order valence-electron chi connectivity index (χ1n) is 5.79. The molecule has 6 nitrogen and oxygen atoms in total. The van der Waals surface area contributed by atoms with Gasteiger partial charge in [-0.05, 0) is 21.0 Å². The molecule has 1 aromatic heterocycles. The Morgan fingerprint density at radius 2 is 2.06 bits per heavy atom. The summed E-state index contributed by atoms with van der Waals surface area (Å²) in [7, 11) is 4.08. The highest BCUT2D eigenvalue weighted by Gasteiger charge is 2.02. The fraction of sp³-hybridized carbons (Fsp3) is 0.636. The number of aromatic nitrogens is 2. The second kappa shape index (κ2) is 7.03. The minimum atomic E-state index is 0.208. The molecule has 0 radical (unpaired) electrons. The largest absolute Gasteiger partial charge is 0.369 e. The van der Waals surface area contributed by atoms with Gasteiger partial charge < -0.3 is 21.3 Å². The zero-order valence-electron chi connectivity index (χ0n) is 10.8. The minimum absolute atomic E-state index is 0.208. The highest BCUT2D eigenvalue weighted by molar-refractivity contribution is 5.46. The van der Waals surface area contributed by atoms with E-state index in [2.05, 4.69) is 25.5 Å². The maximum absolute atomic E-state index is 5.54. The van der Waals surface area contributed by atoms with Crippen LogP contribution in [-0.4, -0.2) is 54.6 Å². The maximum Gasteiger partial charge on any atom is 0.131 e. The normalized spacial score (nSPS) is 12.5. The Labute approximate surface area is 103 Å². The number of nitrogens with one attached hydrogen (secondary N) is 2. The molecule has 17 heavy (non-hydrogen) atoms. The van der Waals surface area contributed by atoms with Gasteiger partial charge >= 0.3 is 0 Å². The van der Waals surface area contributed by atoms with E-state index < -0.39 is 0 Å². The molecule has 0 aliphatic heterocycles. The van der Waals surface area contributed by atoms with Crippen molar-refractivity contribution in [2.75, 3.05) is 44.4 Å². The second-order valence-corrected chi connectivity index (χ2v) is 4.30. The molecule has 1 unspecified atom stereocenters. The summed E-state index contributed by atoms with van der Waals surface area (Å²) >= 11 is 0. The van der Waals surface area contributed by atoms with Crippen molar-refractivity contribution in [1.82, 2.24) is 14.9 Å². The molecule has 0 spiro atoms. The Morgan fingerprint density at radius 1 is 1.35 bits per heavy atom. The van der Waals surface area contributed by atoms with Crippen LogP contribution in [0.5, 0.6) is 0 Å². The van der Waals surface area contributed by atoms with E-state index in [0.29, 0.717) is 6.54 Å². The molecule has 0 aliphatic carbocycles. The van der Waals surface area contributed by atoms with Gasteiger partial charge in [0.2, 0.25) is 0 Å². The van der Waals surface area contributed by atoms with Gasteiger partial charge in [0.15, 0.2) is 0 Å². The van der Waals surface area contributed by atoms with Crippen LogP contribution >= 0.6 is 0 Å². The summed E-state index contributed by atoms with van der Waals surface area (Å²) in [5.74, 6) is 1.62. The predicted octanol–water partition coefficient (Wildman–Crippen LogP) is 0.209. The molecule has 0 amide bonds. The molecular formula is C11H22N6. The zero-order valence-corrected chi connectivity index (χ0v) is 10.8. The van der Waals surface area contributed by atoms with Crippen molar-refractivity contribution in [2.24, 2.45) is 5.73 Å². The van der Waals surface area contributed by atoms with Crippen molar-refractivity contribution in [2.45, 2.75) is 13.0 Å². The summed E-state index contributed by atoms with van der Waals surface area (Å²) in [6.07, 6.45) is 1.55. The van der Waals surface area contributed by atoms with Gasteiger partial charge in [0.1, 0.15) is 18.0 Å². The van der Waals surface area contributed by atoms with Crippen LogP contribution in [0.2, 0.25) is 0 Å². The lowest BCUT2D eigenvalue weighted by Gasteiger charge is -2.13. The van der Waals surface area contributed by atoms with E-state index in [1.54, 1.807) is 6.33 Å². The molecule has 96 valence electrons. The number of nitrogens with zero attached hydrogens (tertiary/aromatic N) is 3. The molecule has 6 heteroatoms. The van der Waals surface area contributed by atoms with E-state index in [4.69, 9.17) is 5.73 Å². The number of nitrogens with two attached hydrogens (primary N) is 1. The molecule has 0 bridgehead atoms. The topological polar surface area (TPSA) is 79.1 Å². The summed E-state index contributed by atoms with van der Waals surface area (Å²) in [4.78, 5) is 10.4. The molecule has 1 aromatic rings. The predicted molar refractivity (Wildman–Crippen MR) is 71.2 cm³/mol. The number of rotatable bonds is 7. The Bertz CT molecular complexity index is 327. The summed E-state index contributed by atoms with van der Waals surface area (Å²) in [5, 5.41) is 6.45. The number of hydrogen-bond donors (Lipinski definition) is 3. The summed E-state index contributed by atoms with van der Waals surface area (Å²) < 4.78 is 0. The van der Waals surface area contributed by atoms with Crippen LogP contribution in [0.1, 0.15) is 6.92 Å². The molecule has 1 atom stereocenters. The van der Waals surface area contributed by atoms with Crippen LogP contribution in [0.25, 0.3) is 0 Å². The lowest BCUT2D eigenvalue weighted by Crippen LogP contribution is -2.26. The van der Waals surface area contributed by atoms with E-state index in [1.807, 2.05) is 27.1 Å². The molecule has 0 saturated carbocycles. The van der Waals surface area contributed by atoms with Crippen LogP contribution in [0.15, 0.2) is 12.4 Å². The number of hydrogen-bond acceptors (Lipinski definition) is 6. The summed E-state index contributed by atoms with van der Waals surface area (Å²) in [5.41, 5.74) is 5.54. The molecule has 0 aromatic carbocycles. The average molecular weight is 238 g/mol. The van der Waals surface area contributed by atoms with Crippen molar-refractivity contribution in [3.8, 4) is 0 Å². The quantitative estimate of drug-likeness (QED) is 0.630. The fourth-order valence-electron chi connectivity index (χ4n) is 1.25. The average Bonchev–Trinajstić information content (AvgIpc) is 2.29. The first-order valence-corrected chi connectivity index (χ1v) is 5.79. The lowest BCUT2D eigenvalue weighted by atomic mass is 10.3. The van der Waals surface area contributed by atoms with Gasteiger partial charge in [-0.2, -0.15) is 0 Å². The monoisotopic (exact) mass is 238 g/mol. The van der Waals surface area contributed by atoms with Crippen LogP contribution in [0.4, 0.5) is 11.6 Å². The van der Waals surface area contributed by atoms with Crippen molar-refractivity contribution in [3.63, 3.8) is 0 Å². The third-order valence-electron chi connectivity index (χ3n) is 2.28. The SMILES string of the molecule is CC(CN)Nc1cc(NCCN(C)C)ncn1. The van der Waals surface area contributed by atoms with Crippen LogP contribution in [0, 0.1) is 0 Å². The molecular weight excluding hydrogens is 216 g/mol. The lowest BCUT2D eigenvalue weighted by molar-refractivity contribution is 0.425. The van der Waals surface area contributed by atoms with E-state index in [9.17, 15) is 0 Å². The van der Waals surface area contributed by atoms with Gasteiger partial charge in [0.25, 0.3) is 0 Å². The summed E-state index contributed by atoms with van der Waals surface area (Å²) in [6, 6.07) is 2.10. The van der Waals surface area contributed by atoms with Crippen molar-refractivity contribution in [1.29, 1.82) is 0 Å². The Morgan fingerprint density at radius 3 is 2.71 bits per heavy atom. The van der Waals surface area contributed by atoms with Gasteiger partial charge in [0.05, 0.1) is 0 Å². The second-order valence-electron chi connectivity index (χ2n) is 4.30. The van der Waals surface area contributed by atoms with Crippen molar-refractivity contribution < 1.29 is 0 Å². The van der Waals surface area contributed by atoms with Crippen molar-refractivity contribution in [3.05, 3.63) is 12.4 Å². The molecule has 0 saturated heterocycles. The molecule has 1 rings (SSSR count). The third-order valence-corrected chi connectivity index (χ3v) is 2.28. The van der Waals surface area contributed by atoms with Crippen LogP contribution < -0.4 is 16.4 Å². The Hall–Kier alpha value is -1.40. The van der Waals surface area contributed by atoms with E-state index >= 15 is 0 Å². The van der Waals surface area contributed by atoms with E-state index in [0.717, 1.165) is 24.7 Å². The molecule has 4 N–H and O–H groups in total. The number of likely N-dealkylation sites (N-methyl/N-ethyl adjacent to an activating group) is 1. The Kier molecular flexibility index (Phi) is 5.65. The standard InChI is InChI=1S/C11H22N6/c1-9(7-12)16-11-6-10(14-8-15-11)13-4-5-17(2)3/h6,8-9H,4-5,7,12H2,1-3H3,(H2,13,14,15,16). The van der Waals surface area contributed by atoms with Gasteiger partial charge in [-0.1, -0.05) is 0 Å². The minimum Gasteiger partial charge on any atom is -0.369 e. The summed E-state index contributed by atoms with van der Waals surface area (Å²) in [6.45, 7) is 4.41. The van der Waals surface area contributed by atoms with Gasteiger partial charge in [-0.25, -0.2) is 9.97 Å². The first-order chi connectivity index (χ1) is 8.11. The van der Waals surface area contributed by atoms with E-state index in [-0.39, 0.29) is 6.04 Å². The zero-order chi connectivity index (χ0) is 12.7. The molecule has 0 fully saturated rings.